The smallest absolute Gasteiger partial charge is 0.0245 e. The Hall–Kier alpha value is -1.48. The fourth-order valence-corrected chi connectivity index (χ4v) is 1.58. The largest absolute Gasteiger partial charge is 0.0979 e. The zero-order chi connectivity index (χ0) is 12.7. The Morgan fingerprint density at radius 1 is 1.24 bits per heavy atom. The van der Waals surface area contributed by atoms with E-state index >= 15 is 0 Å². The molecule has 0 saturated carbocycles. The highest BCUT2D eigenvalue weighted by molar-refractivity contribution is 5.76. The molecule has 0 bridgehead atoms. The predicted molar refractivity (Wildman–Crippen MR) is 76.9 cm³/mol. The van der Waals surface area contributed by atoms with Crippen molar-refractivity contribution < 1.29 is 0 Å². The van der Waals surface area contributed by atoms with Gasteiger partial charge in [-0.15, -0.1) is 0 Å². The highest BCUT2D eigenvalue weighted by atomic mass is 14.0. The van der Waals surface area contributed by atoms with Gasteiger partial charge in [0, 0.05) is 12.0 Å². The molecule has 0 amide bonds. The van der Waals surface area contributed by atoms with Gasteiger partial charge < -0.3 is 0 Å². The van der Waals surface area contributed by atoms with Crippen LogP contribution in [-0.4, -0.2) is 0 Å². The molecule has 0 fully saturated rings. The summed E-state index contributed by atoms with van der Waals surface area (Å²) in [5.74, 6) is 6.89. The number of unbranched alkanes of at least 4 members (excludes halogenated alkanes) is 2. The van der Waals surface area contributed by atoms with Gasteiger partial charge in [-0.05, 0) is 23.5 Å². The van der Waals surface area contributed by atoms with E-state index in [9.17, 15) is 0 Å². The summed E-state index contributed by atoms with van der Waals surface area (Å²) < 4.78 is 0. The van der Waals surface area contributed by atoms with Gasteiger partial charge in [0.2, 0.25) is 0 Å². The summed E-state index contributed by atoms with van der Waals surface area (Å²) in [6.45, 7) is 10.6. The number of rotatable bonds is 4. The van der Waals surface area contributed by atoms with Crippen molar-refractivity contribution in [3.8, 4) is 11.8 Å². The second-order valence-corrected chi connectivity index (χ2v) is 4.66. The van der Waals surface area contributed by atoms with Crippen LogP contribution in [0.25, 0.3) is 5.57 Å². The van der Waals surface area contributed by atoms with E-state index in [1.165, 1.54) is 18.4 Å². The summed E-state index contributed by atoms with van der Waals surface area (Å²) in [6.07, 6.45) is 3.34. The van der Waals surface area contributed by atoms with Crippen LogP contribution in [0.1, 0.15) is 57.1 Å². The molecule has 0 aliphatic heterocycles. The molecule has 0 N–H and O–H groups in total. The summed E-state index contributed by atoms with van der Waals surface area (Å²) >= 11 is 0. The maximum atomic E-state index is 4.02. The van der Waals surface area contributed by atoms with Gasteiger partial charge >= 0.3 is 0 Å². The summed E-state index contributed by atoms with van der Waals surface area (Å²) in [6, 6.07) is 8.57. The summed E-state index contributed by atoms with van der Waals surface area (Å²) in [7, 11) is 0. The second-order valence-electron chi connectivity index (χ2n) is 4.66. The van der Waals surface area contributed by atoms with Crippen LogP contribution in [0.2, 0.25) is 0 Å². The van der Waals surface area contributed by atoms with Crippen LogP contribution in [0.4, 0.5) is 0 Å². The van der Waals surface area contributed by atoms with Crippen molar-refractivity contribution >= 4 is 5.57 Å². The van der Waals surface area contributed by atoms with E-state index in [1.807, 2.05) is 0 Å². The third-order valence-corrected chi connectivity index (χ3v) is 2.82. The van der Waals surface area contributed by atoms with Gasteiger partial charge in [-0.1, -0.05) is 69.9 Å². The van der Waals surface area contributed by atoms with Gasteiger partial charge in [0.05, 0.1) is 0 Å². The van der Waals surface area contributed by atoms with E-state index in [-0.39, 0.29) is 0 Å². The maximum Gasteiger partial charge on any atom is 0.0245 e. The van der Waals surface area contributed by atoms with E-state index in [0.717, 1.165) is 17.6 Å². The normalized spacial score (nSPS) is 9.88. The minimum absolute atomic E-state index is 0.577. The lowest BCUT2D eigenvalue weighted by Gasteiger charge is -2.05. The van der Waals surface area contributed by atoms with Crippen molar-refractivity contribution in [2.45, 2.75) is 46.0 Å². The number of hydrogen-bond acceptors (Lipinski definition) is 0. The Kier molecular flexibility index (Phi) is 5.57. The second kappa shape index (κ2) is 6.97. The van der Waals surface area contributed by atoms with E-state index < -0.39 is 0 Å². The molecule has 0 atom stereocenters. The van der Waals surface area contributed by atoms with Crippen molar-refractivity contribution in [2.75, 3.05) is 0 Å². The highest BCUT2D eigenvalue weighted by Gasteiger charge is 1.99. The molecule has 17 heavy (non-hydrogen) atoms. The number of allylic oxidation sites excluding steroid dienone is 1. The van der Waals surface area contributed by atoms with Crippen molar-refractivity contribution in [3.05, 3.63) is 42.0 Å². The fraction of sp³-hybridized carbons (Fsp3) is 0.412. The van der Waals surface area contributed by atoms with Gasteiger partial charge in [-0.2, -0.15) is 0 Å². The standard InChI is InChI=1S/C17H22/c1-5-6-7-8-9-15(4)17-12-10-16(11-13-17)14(2)3/h10-14H,4-7H2,1-3H3. The number of hydrogen-bond donors (Lipinski definition) is 0. The molecule has 0 saturated heterocycles. The highest BCUT2D eigenvalue weighted by Crippen LogP contribution is 2.18. The first-order valence-corrected chi connectivity index (χ1v) is 6.43. The molecule has 0 nitrogen and oxygen atoms in total. The molecular formula is C17H22. The first-order valence-electron chi connectivity index (χ1n) is 6.43. The van der Waals surface area contributed by atoms with Crippen molar-refractivity contribution in [2.24, 2.45) is 0 Å². The Labute approximate surface area is 106 Å². The molecule has 1 aromatic carbocycles. The van der Waals surface area contributed by atoms with Crippen molar-refractivity contribution in [3.63, 3.8) is 0 Å². The Balaban J connectivity index is 2.65. The molecule has 0 spiro atoms. The summed E-state index contributed by atoms with van der Waals surface area (Å²) in [5, 5.41) is 0. The lowest BCUT2D eigenvalue weighted by Crippen LogP contribution is -1.87. The SMILES string of the molecule is C=C(C#CCCCC)c1ccc(C(C)C)cc1. The average molecular weight is 226 g/mol. The molecule has 1 aromatic rings. The molecule has 0 radical (unpaired) electrons. The lowest BCUT2D eigenvalue weighted by atomic mass is 9.99. The average Bonchev–Trinajstić information content (AvgIpc) is 2.34. The molecule has 0 aromatic heterocycles. The number of benzene rings is 1. The third kappa shape index (κ3) is 4.49. The molecule has 0 heteroatoms. The van der Waals surface area contributed by atoms with Crippen LogP contribution < -0.4 is 0 Å². The minimum atomic E-state index is 0.577. The van der Waals surface area contributed by atoms with Gasteiger partial charge in [-0.3, -0.25) is 0 Å². The Morgan fingerprint density at radius 3 is 2.41 bits per heavy atom. The van der Waals surface area contributed by atoms with Crippen LogP contribution in [0, 0.1) is 11.8 Å². The van der Waals surface area contributed by atoms with Gasteiger partial charge in [0.25, 0.3) is 0 Å². The van der Waals surface area contributed by atoms with E-state index in [0.29, 0.717) is 5.92 Å². The van der Waals surface area contributed by atoms with Crippen molar-refractivity contribution in [1.29, 1.82) is 0 Å². The van der Waals surface area contributed by atoms with Crippen molar-refractivity contribution in [1.82, 2.24) is 0 Å². The molecule has 1 rings (SSSR count). The minimum Gasteiger partial charge on any atom is -0.0979 e. The molecule has 0 unspecified atom stereocenters. The third-order valence-electron chi connectivity index (χ3n) is 2.82. The summed E-state index contributed by atoms with van der Waals surface area (Å²) in [4.78, 5) is 0. The molecule has 90 valence electrons. The van der Waals surface area contributed by atoms with Gasteiger partial charge in [-0.25, -0.2) is 0 Å². The Bertz CT molecular complexity index is 410. The van der Waals surface area contributed by atoms with E-state index in [4.69, 9.17) is 0 Å². The first-order chi connectivity index (χ1) is 8.15. The van der Waals surface area contributed by atoms with E-state index in [2.05, 4.69) is 63.5 Å². The zero-order valence-corrected chi connectivity index (χ0v) is 11.2. The maximum absolute atomic E-state index is 4.02. The summed E-state index contributed by atoms with van der Waals surface area (Å²) in [5.41, 5.74) is 3.43. The lowest BCUT2D eigenvalue weighted by molar-refractivity contribution is 0.828. The van der Waals surface area contributed by atoms with Gasteiger partial charge in [0.15, 0.2) is 0 Å². The topological polar surface area (TPSA) is 0 Å². The van der Waals surface area contributed by atoms with Crippen LogP contribution in [-0.2, 0) is 0 Å². The van der Waals surface area contributed by atoms with Crippen LogP contribution in [0.3, 0.4) is 0 Å². The van der Waals surface area contributed by atoms with Crippen LogP contribution in [0.5, 0.6) is 0 Å². The van der Waals surface area contributed by atoms with Crippen LogP contribution >= 0.6 is 0 Å². The molecule has 0 aliphatic carbocycles. The molecule has 0 aliphatic rings. The molecule has 0 heterocycles. The predicted octanol–water partition coefficient (Wildman–Crippen LogP) is 5.02. The Morgan fingerprint density at radius 2 is 1.88 bits per heavy atom. The quantitative estimate of drug-likeness (QED) is 0.499. The van der Waals surface area contributed by atoms with Crippen LogP contribution in [0.15, 0.2) is 30.8 Å². The fourth-order valence-electron chi connectivity index (χ4n) is 1.58. The molecular weight excluding hydrogens is 204 g/mol. The zero-order valence-electron chi connectivity index (χ0n) is 11.2. The first kappa shape index (κ1) is 13.6. The van der Waals surface area contributed by atoms with Gasteiger partial charge in [0.1, 0.15) is 0 Å². The van der Waals surface area contributed by atoms with E-state index in [1.54, 1.807) is 0 Å². The monoisotopic (exact) mass is 226 g/mol.